The van der Waals surface area contributed by atoms with Crippen LogP contribution in [0.4, 0.5) is 0 Å². The molecule has 1 rings (SSSR count). The van der Waals surface area contributed by atoms with Crippen LogP contribution >= 0.6 is 0 Å². The molecule has 0 saturated carbocycles. The van der Waals surface area contributed by atoms with Crippen molar-refractivity contribution in [2.75, 3.05) is 13.7 Å². The van der Waals surface area contributed by atoms with Crippen LogP contribution < -0.4 is 5.32 Å². The summed E-state index contributed by atoms with van der Waals surface area (Å²) < 4.78 is 4.80. The van der Waals surface area contributed by atoms with Gasteiger partial charge in [-0.2, -0.15) is 0 Å². The molecule has 0 fully saturated rings. The molecule has 1 aromatic rings. The highest BCUT2D eigenvalue weighted by Gasteiger charge is 2.20. The van der Waals surface area contributed by atoms with Crippen molar-refractivity contribution in [1.29, 1.82) is 0 Å². The second kappa shape index (κ2) is 6.70. The van der Waals surface area contributed by atoms with Crippen LogP contribution in [0.15, 0.2) is 18.2 Å². The maximum atomic E-state index is 11.8. The van der Waals surface area contributed by atoms with Crippen LogP contribution in [0.5, 0.6) is 0 Å². The van der Waals surface area contributed by atoms with Crippen LogP contribution in [-0.2, 0) is 9.53 Å². The van der Waals surface area contributed by atoms with E-state index >= 15 is 0 Å². The van der Waals surface area contributed by atoms with E-state index in [0.717, 1.165) is 0 Å². The minimum absolute atomic E-state index is 0.207. The zero-order valence-corrected chi connectivity index (χ0v) is 10.3. The molecule has 0 aromatic carbocycles. The summed E-state index contributed by atoms with van der Waals surface area (Å²) >= 11 is 0. The number of amides is 1. The predicted octanol–water partition coefficient (Wildman–Crippen LogP) is 0.610. The number of nitrogens with one attached hydrogen (secondary N) is 1. The second-order valence-corrected chi connectivity index (χ2v) is 3.81. The highest BCUT2D eigenvalue weighted by Crippen LogP contribution is 2.00. The molecule has 98 valence electrons. The molecule has 1 atom stereocenters. The molecule has 0 aliphatic heterocycles. The molecule has 18 heavy (non-hydrogen) atoms. The summed E-state index contributed by atoms with van der Waals surface area (Å²) in [6.45, 7) is 2.02. The smallest absolute Gasteiger partial charge is 0.326 e. The fourth-order valence-corrected chi connectivity index (χ4v) is 1.39. The minimum Gasteiger partial charge on any atom is -0.480 e. The minimum atomic E-state index is -1.09. The summed E-state index contributed by atoms with van der Waals surface area (Å²) in [7, 11) is 1.48. The first-order valence-corrected chi connectivity index (χ1v) is 5.51. The van der Waals surface area contributed by atoms with E-state index in [2.05, 4.69) is 10.3 Å². The molecule has 2 N–H and O–H groups in total. The summed E-state index contributed by atoms with van der Waals surface area (Å²) in [5.74, 6) is -1.59. The Kier molecular flexibility index (Phi) is 5.26. The van der Waals surface area contributed by atoms with Crippen LogP contribution in [-0.4, -0.2) is 41.7 Å². The quantitative estimate of drug-likeness (QED) is 0.774. The Morgan fingerprint density at radius 3 is 2.78 bits per heavy atom. The lowest BCUT2D eigenvalue weighted by molar-refractivity contribution is -0.139. The van der Waals surface area contributed by atoms with Gasteiger partial charge in [0.25, 0.3) is 5.91 Å². The number of aliphatic carboxylic acids is 1. The Balaban J connectivity index is 2.69. The highest BCUT2D eigenvalue weighted by atomic mass is 16.5. The van der Waals surface area contributed by atoms with Crippen molar-refractivity contribution in [3.05, 3.63) is 29.6 Å². The van der Waals surface area contributed by atoms with Crippen LogP contribution in [0.1, 0.15) is 22.6 Å². The van der Waals surface area contributed by atoms with Crippen molar-refractivity contribution >= 4 is 11.9 Å². The third-order valence-corrected chi connectivity index (χ3v) is 2.34. The Morgan fingerprint density at radius 2 is 2.22 bits per heavy atom. The number of nitrogens with zero attached hydrogens (tertiary/aromatic N) is 1. The van der Waals surface area contributed by atoms with E-state index in [1.54, 1.807) is 19.1 Å². The monoisotopic (exact) mass is 252 g/mol. The number of hydrogen-bond acceptors (Lipinski definition) is 4. The maximum absolute atomic E-state index is 11.8. The number of carboxylic acid groups (broad SMARTS) is 1. The van der Waals surface area contributed by atoms with Crippen molar-refractivity contribution in [2.24, 2.45) is 0 Å². The molecule has 1 unspecified atom stereocenters. The summed E-state index contributed by atoms with van der Waals surface area (Å²) in [5, 5.41) is 11.4. The topological polar surface area (TPSA) is 88.5 Å². The first-order chi connectivity index (χ1) is 8.54. The van der Waals surface area contributed by atoms with Gasteiger partial charge in [-0.1, -0.05) is 6.07 Å². The van der Waals surface area contributed by atoms with Gasteiger partial charge >= 0.3 is 5.97 Å². The zero-order valence-electron chi connectivity index (χ0n) is 10.3. The molecule has 1 aromatic heterocycles. The third kappa shape index (κ3) is 4.14. The molecule has 0 bridgehead atoms. The van der Waals surface area contributed by atoms with Crippen molar-refractivity contribution in [3.63, 3.8) is 0 Å². The van der Waals surface area contributed by atoms with Gasteiger partial charge < -0.3 is 15.2 Å². The molecule has 0 aliphatic carbocycles. The first kappa shape index (κ1) is 14.1. The molecule has 6 heteroatoms. The zero-order chi connectivity index (χ0) is 13.5. The van der Waals surface area contributed by atoms with Crippen LogP contribution in [0.25, 0.3) is 0 Å². The standard InChI is InChI=1S/C12H16N2O4/c1-8-4-3-5-9(13-8)11(15)14-10(12(16)17)6-7-18-2/h3-5,10H,6-7H2,1-2H3,(H,14,15)(H,16,17). The van der Waals surface area contributed by atoms with Crippen molar-refractivity contribution in [1.82, 2.24) is 10.3 Å². The normalized spacial score (nSPS) is 11.9. The molecule has 1 amide bonds. The molecule has 1 heterocycles. The van der Waals surface area contributed by atoms with Gasteiger partial charge in [-0.3, -0.25) is 4.79 Å². The van der Waals surface area contributed by atoms with E-state index in [0.29, 0.717) is 5.69 Å². The molecule has 6 nitrogen and oxygen atoms in total. The average molecular weight is 252 g/mol. The molecule has 0 saturated heterocycles. The van der Waals surface area contributed by atoms with Crippen LogP contribution in [0.3, 0.4) is 0 Å². The SMILES string of the molecule is COCCC(NC(=O)c1cccc(C)n1)C(=O)O. The van der Waals surface area contributed by atoms with Gasteiger partial charge in [-0.15, -0.1) is 0 Å². The lowest BCUT2D eigenvalue weighted by Crippen LogP contribution is -2.41. The summed E-state index contributed by atoms with van der Waals surface area (Å²) in [6.07, 6.45) is 0.212. The Morgan fingerprint density at radius 1 is 1.50 bits per heavy atom. The summed E-state index contributed by atoms with van der Waals surface area (Å²) in [6, 6.07) is 4.02. The Bertz CT molecular complexity index is 434. The number of hydrogen-bond donors (Lipinski definition) is 2. The van der Waals surface area contributed by atoms with Crippen molar-refractivity contribution < 1.29 is 19.4 Å². The van der Waals surface area contributed by atoms with E-state index in [-0.39, 0.29) is 18.7 Å². The Hall–Kier alpha value is -1.95. The molecule has 0 spiro atoms. The Labute approximate surface area is 105 Å². The van der Waals surface area contributed by atoms with Gasteiger partial charge in [0.15, 0.2) is 0 Å². The number of aryl methyl sites for hydroxylation is 1. The number of ether oxygens (including phenoxy) is 1. The second-order valence-electron chi connectivity index (χ2n) is 3.81. The predicted molar refractivity (Wildman–Crippen MR) is 64.4 cm³/mol. The fourth-order valence-electron chi connectivity index (χ4n) is 1.39. The third-order valence-electron chi connectivity index (χ3n) is 2.34. The van der Waals surface area contributed by atoms with Gasteiger partial charge in [0, 0.05) is 25.8 Å². The largest absolute Gasteiger partial charge is 0.480 e. The number of carboxylic acids is 1. The summed E-state index contributed by atoms with van der Waals surface area (Å²) in [5.41, 5.74) is 0.907. The number of pyridine rings is 1. The lowest BCUT2D eigenvalue weighted by Gasteiger charge is -2.13. The molecule has 0 aliphatic rings. The highest BCUT2D eigenvalue weighted by molar-refractivity contribution is 5.94. The average Bonchev–Trinajstić information content (AvgIpc) is 2.33. The van der Waals surface area contributed by atoms with Gasteiger partial charge in [0.1, 0.15) is 11.7 Å². The van der Waals surface area contributed by atoms with Crippen LogP contribution in [0, 0.1) is 6.92 Å². The van der Waals surface area contributed by atoms with Gasteiger partial charge in [-0.05, 0) is 19.1 Å². The number of carbonyl (C=O) groups excluding carboxylic acids is 1. The fraction of sp³-hybridized carbons (Fsp3) is 0.417. The maximum Gasteiger partial charge on any atom is 0.326 e. The number of aromatic nitrogens is 1. The number of rotatable bonds is 6. The van der Waals surface area contributed by atoms with Gasteiger partial charge in [0.05, 0.1) is 0 Å². The van der Waals surface area contributed by atoms with Gasteiger partial charge in [0.2, 0.25) is 0 Å². The molecule has 0 radical (unpaired) electrons. The van der Waals surface area contributed by atoms with E-state index < -0.39 is 17.9 Å². The number of carbonyl (C=O) groups is 2. The van der Waals surface area contributed by atoms with E-state index in [9.17, 15) is 9.59 Å². The van der Waals surface area contributed by atoms with E-state index in [1.807, 2.05) is 0 Å². The van der Waals surface area contributed by atoms with Crippen molar-refractivity contribution in [2.45, 2.75) is 19.4 Å². The van der Waals surface area contributed by atoms with Crippen LogP contribution in [0.2, 0.25) is 0 Å². The van der Waals surface area contributed by atoms with Crippen molar-refractivity contribution in [3.8, 4) is 0 Å². The van der Waals surface area contributed by atoms with E-state index in [4.69, 9.17) is 9.84 Å². The van der Waals surface area contributed by atoms with E-state index in [1.165, 1.54) is 13.2 Å². The number of methoxy groups -OCH3 is 1. The molecular weight excluding hydrogens is 236 g/mol. The molecular formula is C12H16N2O4. The van der Waals surface area contributed by atoms with Gasteiger partial charge in [-0.25, -0.2) is 9.78 Å². The first-order valence-electron chi connectivity index (χ1n) is 5.51. The lowest BCUT2D eigenvalue weighted by atomic mass is 10.2. The summed E-state index contributed by atoms with van der Waals surface area (Å²) in [4.78, 5) is 26.8.